The number of aromatic nitrogens is 1. The third kappa shape index (κ3) is 12.6. The van der Waals surface area contributed by atoms with Crippen molar-refractivity contribution in [1.82, 2.24) is 20.5 Å². The molecule has 2 aromatic rings. The predicted octanol–water partition coefficient (Wildman–Crippen LogP) is 5.47. The van der Waals surface area contributed by atoms with Crippen LogP contribution in [0.5, 0.6) is 0 Å². The van der Waals surface area contributed by atoms with Crippen LogP contribution in [0.25, 0.3) is 0 Å². The van der Waals surface area contributed by atoms with Gasteiger partial charge in [0.1, 0.15) is 10.7 Å². The van der Waals surface area contributed by atoms with E-state index in [0.29, 0.717) is 17.8 Å². The molecular weight excluding hydrogens is 671 g/mol. The molecule has 0 aliphatic carbocycles. The van der Waals surface area contributed by atoms with Crippen molar-refractivity contribution < 1.29 is 33.8 Å². The van der Waals surface area contributed by atoms with Gasteiger partial charge in [-0.2, -0.15) is 0 Å². The number of rotatable bonds is 18. The van der Waals surface area contributed by atoms with Gasteiger partial charge < -0.3 is 25.4 Å². The van der Waals surface area contributed by atoms with E-state index in [-0.39, 0.29) is 54.3 Å². The first kappa shape index (κ1) is 41.5. The van der Waals surface area contributed by atoms with E-state index in [0.717, 1.165) is 31.4 Å². The minimum absolute atomic E-state index is 0.0442. The van der Waals surface area contributed by atoms with Gasteiger partial charge in [0.15, 0.2) is 6.10 Å². The standard InChI is InChI=1S/C38H55N5O7S/c1-8-24(4)29(21-40-34(45)30-16-12-13-17-39-30)37(47)43(7)32(23(2)3)20-33(50-26(6)44)36-42-31(22-51-36)35(46)41-28(18-25(5)38(48)49)19-27-14-10-9-11-15-27/h9-11,14-15,21-25,28-30,32-33,39H,8,12-13,16-20H2,1-7H3,(H,41,46)(H,48,49)/b40-21-/t24-,25-,28+,29?,30+,32+,33+/m0/s1. The van der Waals surface area contributed by atoms with Gasteiger partial charge in [0.25, 0.3) is 11.8 Å². The molecule has 0 bridgehead atoms. The number of carboxylic acids is 1. The number of nitrogens with zero attached hydrogens (tertiary/aromatic N) is 3. The smallest absolute Gasteiger partial charge is 0.306 e. The zero-order valence-electron chi connectivity index (χ0n) is 31.0. The molecule has 1 aromatic heterocycles. The predicted molar refractivity (Wildman–Crippen MR) is 198 cm³/mol. The minimum atomic E-state index is -0.946. The van der Waals surface area contributed by atoms with Crippen molar-refractivity contribution in [2.24, 2.45) is 28.7 Å². The van der Waals surface area contributed by atoms with Gasteiger partial charge >= 0.3 is 11.9 Å². The fourth-order valence-corrected chi connectivity index (χ4v) is 7.17. The molecule has 0 saturated carbocycles. The van der Waals surface area contributed by atoms with Crippen LogP contribution in [0, 0.1) is 23.7 Å². The van der Waals surface area contributed by atoms with Gasteiger partial charge in [0.2, 0.25) is 5.91 Å². The highest BCUT2D eigenvalue weighted by atomic mass is 32.1. The first-order valence-corrected chi connectivity index (χ1v) is 18.9. The van der Waals surface area contributed by atoms with Crippen LogP contribution in [0.3, 0.4) is 0 Å². The Kier molecular flexibility index (Phi) is 16.4. The number of aliphatic carboxylic acids is 1. The van der Waals surface area contributed by atoms with Gasteiger partial charge in [-0.15, -0.1) is 11.3 Å². The molecule has 51 heavy (non-hydrogen) atoms. The molecule has 280 valence electrons. The van der Waals surface area contributed by atoms with E-state index in [4.69, 9.17) is 4.74 Å². The van der Waals surface area contributed by atoms with E-state index in [1.807, 2.05) is 58.0 Å². The zero-order valence-corrected chi connectivity index (χ0v) is 31.8. The molecule has 1 aliphatic rings. The number of esters is 1. The molecule has 1 unspecified atom stereocenters. The number of piperidine rings is 1. The Morgan fingerprint density at radius 2 is 1.82 bits per heavy atom. The van der Waals surface area contributed by atoms with E-state index in [1.165, 1.54) is 24.5 Å². The molecule has 12 nitrogen and oxygen atoms in total. The average Bonchev–Trinajstić information content (AvgIpc) is 3.60. The third-order valence-electron chi connectivity index (χ3n) is 9.64. The number of thiazole rings is 1. The number of benzene rings is 1. The van der Waals surface area contributed by atoms with Crippen molar-refractivity contribution in [3.8, 4) is 0 Å². The first-order chi connectivity index (χ1) is 24.2. The summed E-state index contributed by atoms with van der Waals surface area (Å²) >= 11 is 1.18. The number of hydrogen-bond acceptors (Lipinski definition) is 9. The monoisotopic (exact) mass is 725 g/mol. The summed E-state index contributed by atoms with van der Waals surface area (Å²) in [6.07, 6.45) is 4.99. The summed E-state index contributed by atoms with van der Waals surface area (Å²) in [6, 6.07) is 8.35. The molecule has 3 rings (SSSR count). The van der Waals surface area contributed by atoms with Crippen LogP contribution >= 0.6 is 11.3 Å². The molecule has 1 aromatic carbocycles. The maximum Gasteiger partial charge on any atom is 0.306 e. The van der Waals surface area contributed by atoms with Crippen molar-refractivity contribution in [2.75, 3.05) is 13.6 Å². The van der Waals surface area contributed by atoms with Gasteiger partial charge in [0, 0.05) is 44.1 Å². The SMILES string of the molecule is CC[C@H](C)C(/C=N\C(=O)[C@H]1CCCCN1)C(=O)N(C)[C@H](C[C@@H](OC(C)=O)c1nc(C(=O)N[C@@H](Cc2ccccc2)C[C@H](C)C(=O)O)cs1)C(C)C. The summed E-state index contributed by atoms with van der Waals surface area (Å²) in [4.78, 5) is 74.7. The summed E-state index contributed by atoms with van der Waals surface area (Å²) in [7, 11) is 1.72. The van der Waals surface area contributed by atoms with Crippen LogP contribution in [0.15, 0.2) is 40.7 Å². The van der Waals surface area contributed by atoms with E-state index >= 15 is 0 Å². The fraction of sp³-hybridized carbons (Fsp3) is 0.605. The summed E-state index contributed by atoms with van der Waals surface area (Å²) in [5.41, 5.74) is 1.09. The number of hydrogen-bond donors (Lipinski definition) is 3. The molecule has 1 aliphatic heterocycles. The van der Waals surface area contributed by atoms with Crippen molar-refractivity contribution >= 4 is 47.2 Å². The largest absolute Gasteiger partial charge is 0.481 e. The summed E-state index contributed by atoms with van der Waals surface area (Å²) in [5, 5.41) is 17.7. The van der Waals surface area contributed by atoms with Crippen molar-refractivity contribution in [3.05, 3.63) is 52.0 Å². The summed E-state index contributed by atoms with van der Waals surface area (Å²) in [5.74, 6) is -3.79. The van der Waals surface area contributed by atoms with Crippen molar-refractivity contribution in [1.29, 1.82) is 0 Å². The fourth-order valence-electron chi connectivity index (χ4n) is 6.33. The zero-order chi connectivity index (χ0) is 37.7. The van der Waals surface area contributed by atoms with E-state index in [2.05, 4.69) is 20.6 Å². The highest BCUT2D eigenvalue weighted by Gasteiger charge is 2.35. The van der Waals surface area contributed by atoms with Crippen LogP contribution in [-0.4, -0.2) is 82.6 Å². The van der Waals surface area contributed by atoms with Gasteiger partial charge in [0.05, 0.1) is 17.9 Å². The normalized spacial score (nSPS) is 18.3. The second-order valence-corrected chi connectivity index (χ2v) is 14.9. The summed E-state index contributed by atoms with van der Waals surface area (Å²) in [6.45, 7) is 11.6. The van der Waals surface area contributed by atoms with Crippen LogP contribution in [-0.2, 0) is 30.3 Å². The Balaban J connectivity index is 1.80. The first-order valence-electron chi connectivity index (χ1n) is 18.0. The topological polar surface area (TPSA) is 167 Å². The maximum atomic E-state index is 14.1. The number of carbonyl (C=O) groups excluding carboxylic acids is 4. The lowest BCUT2D eigenvalue weighted by molar-refractivity contribution is -0.148. The van der Waals surface area contributed by atoms with Crippen LogP contribution in [0.4, 0.5) is 0 Å². The minimum Gasteiger partial charge on any atom is -0.481 e. The average molecular weight is 726 g/mol. The molecule has 3 amide bonds. The van der Waals surface area contributed by atoms with Gasteiger partial charge in [-0.05, 0) is 49.6 Å². The maximum absolute atomic E-state index is 14.1. The Labute approximate surface area is 305 Å². The molecule has 13 heteroatoms. The van der Waals surface area contributed by atoms with Gasteiger partial charge in [-0.3, -0.25) is 24.0 Å². The second-order valence-electron chi connectivity index (χ2n) is 14.0. The molecule has 7 atom stereocenters. The highest BCUT2D eigenvalue weighted by molar-refractivity contribution is 7.09. The summed E-state index contributed by atoms with van der Waals surface area (Å²) < 4.78 is 5.75. The van der Waals surface area contributed by atoms with Crippen molar-refractivity contribution in [2.45, 2.75) is 111 Å². The van der Waals surface area contributed by atoms with E-state index in [1.54, 1.807) is 24.3 Å². The molecule has 0 spiro atoms. The lowest BCUT2D eigenvalue weighted by Gasteiger charge is -2.36. The van der Waals surface area contributed by atoms with Crippen LogP contribution in [0.1, 0.15) is 107 Å². The number of carbonyl (C=O) groups is 5. The number of ether oxygens (including phenoxy) is 1. The quantitative estimate of drug-likeness (QED) is 0.133. The number of amides is 3. The molecule has 3 N–H and O–H groups in total. The number of aliphatic imine (C=N–C) groups is 1. The molecule has 2 heterocycles. The Bertz CT molecular complexity index is 1490. The molecule has 0 radical (unpaired) electrons. The molecular formula is C38H55N5O7S. The lowest BCUT2D eigenvalue weighted by Crippen LogP contribution is -2.46. The van der Waals surface area contributed by atoms with Gasteiger partial charge in [-0.25, -0.2) is 9.98 Å². The third-order valence-corrected chi connectivity index (χ3v) is 10.6. The number of carboxylic acid groups (broad SMARTS) is 1. The van der Waals surface area contributed by atoms with E-state index < -0.39 is 41.8 Å². The van der Waals surface area contributed by atoms with Crippen LogP contribution in [0.2, 0.25) is 0 Å². The van der Waals surface area contributed by atoms with Crippen molar-refractivity contribution in [3.63, 3.8) is 0 Å². The Hall–Kier alpha value is -3.97. The molecule has 1 fully saturated rings. The Morgan fingerprint density at radius 1 is 1.12 bits per heavy atom. The second kappa shape index (κ2) is 20.2. The Morgan fingerprint density at radius 3 is 2.41 bits per heavy atom. The number of nitrogens with one attached hydrogen (secondary N) is 2. The van der Waals surface area contributed by atoms with Gasteiger partial charge in [-0.1, -0.05) is 77.8 Å². The highest BCUT2D eigenvalue weighted by Crippen LogP contribution is 2.31. The lowest BCUT2D eigenvalue weighted by atomic mass is 9.89. The molecule has 1 saturated heterocycles. The van der Waals surface area contributed by atoms with Crippen LogP contribution < -0.4 is 10.6 Å². The van der Waals surface area contributed by atoms with E-state index in [9.17, 15) is 29.1 Å².